The van der Waals surface area contributed by atoms with Crippen molar-refractivity contribution in [3.05, 3.63) is 71.2 Å². The molecule has 5 rings (SSSR count). The van der Waals surface area contributed by atoms with Gasteiger partial charge in [-0.15, -0.1) is 0 Å². The molecule has 2 aromatic heterocycles. The second kappa shape index (κ2) is 8.58. The number of hydrogen-bond donors (Lipinski definition) is 0. The van der Waals surface area contributed by atoms with Crippen molar-refractivity contribution in [3.8, 4) is 22.6 Å². The van der Waals surface area contributed by atoms with Crippen molar-refractivity contribution >= 4 is 16.8 Å². The van der Waals surface area contributed by atoms with Crippen molar-refractivity contribution in [2.24, 2.45) is 0 Å². The van der Waals surface area contributed by atoms with E-state index in [1.165, 1.54) is 0 Å². The molecule has 0 fully saturated rings. The molecule has 168 valence electrons. The largest absolute Gasteiger partial charge is 0.493 e. The van der Waals surface area contributed by atoms with Gasteiger partial charge in [-0.2, -0.15) is 0 Å². The predicted octanol–water partition coefficient (Wildman–Crippen LogP) is 4.48. The van der Waals surface area contributed by atoms with Gasteiger partial charge in [0.1, 0.15) is 12.4 Å². The maximum atomic E-state index is 13.1. The van der Waals surface area contributed by atoms with Crippen LogP contribution >= 0.6 is 0 Å². The summed E-state index contributed by atoms with van der Waals surface area (Å²) in [6, 6.07) is 14.2. The average molecular weight is 444 g/mol. The molecule has 0 radical (unpaired) electrons. The molecular weight excluding hydrogens is 418 g/mol. The van der Waals surface area contributed by atoms with E-state index in [2.05, 4.69) is 22.3 Å². The average Bonchev–Trinajstić information content (AvgIpc) is 3.02. The lowest BCUT2D eigenvalue weighted by atomic mass is 10.0. The van der Waals surface area contributed by atoms with Crippen LogP contribution in [0, 0.1) is 13.8 Å². The number of amides is 1. The van der Waals surface area contributed by atoms with Crippen LogP contribution in [0.2, 0.25) is 0 Å². The zero-order chi connectivity index (χ0) is 22.9. The number of para-hydroxylation sites is 1. The second-order valence-electron chi connectivity index (χ2n) is 8.23. The molecule has 1 amide bonds. The number of methoxy groups -OCH3 is 1. The van der Waals surface area contributed by atoms with Crippen LogP contribution in [0.3, 0.4) is 0 Å². The Bertz CT molecular complexity index is 1330. The Balaban J connectivity index is 1.49. The molecule has 0 unspecified atom stereocenters. The van der Waals surface area contributed by atoms with Crippen molar-refractivity contribution in [1.82, 2.24) is 15.0 Å². The first kappa shape index (κ1) is 21.0. The van der Waals surface area contributed by atoms with Crippen LogP contribution in [0.1, 0.15) is 22.6 Å². The molecule has 0 atom stereocenters. The minimum atomic E-state index is 0.0117. The van der Waals surface area contributed by atoms with Crippen LogP contribution in [0.4, 0.5) is 0 Å². The van der Waals surface area contributed by atoms with Gasteiger partial charge in [0.25, 0.3) is 0 Å². The van der Waals surface area contributed by atoms with Crippen LogP contribution in [-0.2, 0) is 17.8 Å². The molecular formula is C26H25N3O4. The molecule has 4 aromatic rings. The Morgan fingerprint density at radius 3 is 2.79 bits per heavy atom. The fraction of sp³-hybridized carbons (Fsp3) is 0.269. The first-order chi connectivity index (χ1) is 16.0. The topological polar surface area (TPSA) is 77.7 Å². The van der Waals surface area contributed by atoms with Crippen LogP contribution in [0.25, 0.3) is 22.0 Å². The molecule has 2 aromatic carbocycles. The minimum Gasteiger partial charge on any atom is -0.493 e. The van der Waals surface area contributed by atoms with E-state index in [1.54, 1.807) is 7.11 Å². The summed E-state index contributed by atoms with van der Waals surface area (Å²) in [5, 5.41) is 5.03. The highest BCUT2D eigenvalue weighted by molar-refractivity contribution is 5.84. The van der Waals surface area contributed by atoms with Crippen LogP contribution in [0.15, 0.2) is 53.2 Å². The lowest BCUT2D eigenvalue weighted by Gasteiger charge is -2.20. The molecule has 33 heavy (non-hydrogen) atoms. The van der Waals surface area contributed by atoms with E-state index in [1.807, 2.05) is 55.3 Å². The van der Waals surface area contributed by atoms with Gasteiger partial charge in [0.2, 0.25) is 5.91 Å². The van der Waals surface area contributed by atoms with Gasteiger partial charge >= 0.3 is 0 Å². The van der Waals surface area contributed by atoms with Crippen LogP contribution in [-0.4, -0.2) is 41.2 Å². The summed E-state index contributed by atoms with van der Waals surface area (Å²) in [6.07, 6.45) is 2.11. The molecule has 3 heterocycles. The van der Waals surface area contributed by atoms with Gasteiger partial charge in [0.05, 0.1) is 31.3 Å². The Morgan fingerprint density at radius 2 is 2.00 bits per heavy atom. The highest BCUT2D eigenvalue weighted by atomic mass is 16.5. The molecule has 0 bridgehead atoms. The summed E-state index contributed by atoms with van der Waals surface area (Å²) < 4.78 is 16.9. The zero-order valence-corrected chi connectivity index (χ0v) is 18.9. The predicted molar refractivity (Wildman–Crippen MR) is 124 cm³/mol. The van der Waals surface area contributed by atoms with Crippen molar-refractivity contribution in [1.29, 1.82) is 0 Å². The van der Waals surface area contributed by atoms with Crippen molar-refractivity contribution in [3.63, 3.8) is 0 Å². The van der Waals surface area contributed by atoms with Crippen LogP contribution < -0.4 is 9.47 Å². The van der Waals surface area contributed by atoms with Crippen molar-refractivity contribution < 1.29 is 18.8 Å². The fourth-order valence-electron chi connectivity index (χ4n) is 4.26. The highest BCUT2D eigenvalue weighted by Crippen LogP contribution is 2.38. The molecule has 7 heteroatoms. The number of hydrogen-bond acceptors (Lipinski definition) is 6. The second-order valence-corrected chi connectivity index (χ2v) is 8.23. The van der Waals surface area contributed by atoms with Gasteiger partial charge in [0, 0.05) is 34.8 Å². The van der Waals surface area contributed by atoms with Gasteiger partial charge < -0.3 is 18.9 Å². The minimum absolute atomic E-state index is 0.0117. The third kappa shape index (κ3) is 4.02. The monoisotopic (exact) mass is 443 g/mol. The molecule has 1 aliphatic heterocycles. The third-order valence-electron chi connectivity index (χ3n) is 6.11. The maximum absolute atomic E-state index is 13.1. The number of fused-ring (bicyclic) bond motifs is 2. The van der Waals surface area contributed by atoms with E-state index in [0.29, 0.717) is 37.0 Å². The SMILES string of the molecule is COc1cc(-c2cnc3ccccc3c2)cc2c1OCCN(C(=O)Cc1c(C)noc1C)C2. The molecule has 7 nitrogen and oxygen atoms in total. The number of carbonyl (C=O) groups is 1. The third-order valence-corrected chi connectivity index (χ3v) is 6.11. The number of pyridine rings is 1. The normalized spacial score (nSPS) is 13.4. The van der Waals surface area contributed by atoms with E-state index < -0.39 is 0 Å². The van der Waals surface area contributed by atoms with Gasteiger partial charge in [-0.3, -0.25) is 9.78 Å². The Hall–Kier alpha value is -3.87. The molecule has 0 saturated heterocycles. The number of rotatable bonds is 4. The quantitative estimate of drug-likeness (QED) is 0.463. The first-order valence-corrected chi connectivity index (χ1v) is 10.9. The van der Waals surface area contributed by atoms with Crippen molar-refractivity contribution in [2.45, 2.75) is 26.8 Å². The van der Waals surface area contributed by atoms with Crippen molar-refractivity contribution in [2.75, 3.05) is 20.3 Å². The van der Waals surface area contributed by atoms with E-state index in [-0.39, 0.29) is 12.3 Å². The lowest BCUT2D eigenvalue weighted by Crippen LogP contribution is -2.33. The lowest BCUT2D eigenvalue weighted by molar-refractivity contribution is -0.131. The molecule has 0 saturated carbocycles. The first-order valence-electron chi connectivity index (χ1n) is 10.9. The number of carbonyl (C=O) groups excluding carboxylic acids is 1. The van der Waals surface area contributed by atoms with Gasteiger partial charge in [-0.1, -0.05) is 23.4 Å². The summed E-state index contributed by atoms with van der Waals surface area (Å²) in [4.78, 5) is 19.6. The summed E-state index contributed by atoms with van der Waals surface area (Å²) in [5.74, 6) is 2.02. The molecule has 0 aliphatic carbocycles. The zero-order valence-electron chi connectivity index (χ0n) is 18.9. The summed E-state index contributed by atoms with van der Waals surface area (Å²) in [7, 11) is 1.63. The van der Waals surface area contributed by atoms with Gasteiger partial charge in [-0.25, -0.2) is 0 Å². The van der Waals surface area contributed by atoms with E-state index in [9.17, 15) is 4.79 Å². The van der Waals surface area contributed by atoms with E-state index in [4.69, 9.17) is 14.0 Å². The summed E-state index contributed by atoms with van der Waals surface area (Å²) in [5.41, 5.74) is 5.39. The number of ether oxygens (including phenoxy) is 2. The summed E-state index contributed by atoms with van der Waals surface area (Å²) in [6.45, 7) is 5.01. The number of nitrogens with zero attached hydrogens (tertiary/aromatic N) is 3. The van der Waals surface area contributed by atoms with Gasteiger partial charge in [0.15, 0.2) is 11.5 Å². The number of benzene rings is 2. The molecule has 0 N–H and O–H groups in total. The standard InChI is InChI=1S/C26H25N3O4/c1-16-22(17(2)33-28-16)13-25(30)29-8-9-32-26-21(15-29)11-19(12-24(26)31-3)20-10-18-6-4-5-7-23(18)27-14-20/h4-7,10-12,14H,8-9,13,15H2,1-3H3. The Kier molecular flexibility index (Phi) is 5.46. The Labute approximate surface area is 191 Å². The summed E-state index contributed by atoms with van der Waals surface area (Å²) >= 11 is 0. The molecule has 0 spiro atoms. The van der Waals surface area contributed by atoms with Gasteiger partial charge in [-0.05, 0) is 43.7 Å². The maximum Gasteiger partial charge on any atom is 0.227 e. The number of aryl methyl sites for hydroxylation is 2. The molecule has 1 aliphatic rings. The van der Waals surface area contributed by atoms with E-state index in [0.717, 1.165) is 38.9 Å². The van der Waals surface area contributed by atoms with E-state index >= 15 is 0 Å². The Morgan fingerprint density at radius 1 is 1.15 bits per heavy atom. The number of aromatic nitrogens is 2. The smallest absolute Gasteiger partial charge is 0.227 e. The highest BCUT2D eigenvalue weighted by Gasteiger charge is 2.25. The fourth-order valence-corrected chi connectivity index (χ4v) is 4.26. The van der Waals surface area contributed by atoms with Crippen LogP contribution in [0.5, 0.6) is 11.5 Å².